The molecule has 0 radical (unpaired) electrons. The second-order valence-electron chi connectivity index (χ2n) is 6.83. The molecule has 2 N–H and O–H groups in total. The molecule has 2 aromatic rings. The summed E-state index contributed by atoms with van der Waals surface area (Å²) < 4.78 is 5.19. The van der Waals surface area contributed by atoms with Gasteiger partial charge in [0.05, 0.1) is 38.5 Å². The summed E-state index contributed by atoms with van der Waals surface area (Å²) in [5.74, 6) is -1.47. The molecule has 2 heterocycles. The van der Waals surface area contributed by atoms with Gasteiger partial charge in [-0.15, -0.1) is 0 Å². The number of carbonyl (C=O) groups excluding carboxylic acids is 2. The number of quaternary nitrogens is 1. The van der Waals surface area contributed by atoms with Crippen LogP contribution in [0.5, 0.6) is 0 Å². The first-order valence-electron chi connectivity index (χ1n) is 8.77. The molecule has 1 aliphatic heterocycles. The summed E-state index contributed by atoms with van der Waals surface area (Å²) in [7, 11) is 4.06. The average Bonchev–Trinajstić information content (AvgIpc) is 3.25. The summed E-state index contributed by atoms with van der Waals surface area (Å²) in [4.78, 5) is 28.4. The van der Waals surface area contributed by atoms with Crippen LogP contribution in [0.15, 0.2) is 58.4 Å². The van der Waals surface area contributed by atoms with Crippen molar-refractivity contribution in [3.05, 3.63) is 70.3 Å². The van der Waals surface area contributed by atoms with Gasteiger partial charge in [0.15, 0.2) is 11.5 Å². The third-order valence-corrected chi connectivity index (χ3v) is 4.81. The minimum atomic E-state index is -0.676. The van der Waals surface area contributed by atoms with E-state index in [0.29, 0.717) is 17.1 Å². The monoisotopic (exact) mass is 389 g/mol. The maximum atomic E-state index is 12.9. The standard InChI is InChI=1S/C20H21ClN2O4/c1-22(2)10-4-11-23-17(13-6-8-14(21)9-7-13)16(19(25)20(23)26)18(24)15-5-3-12-27-15/h3,5-9,12,17,25H,4,10-11H2,1-2H3/p+1/t17-/m1/s1. The minimum Gasteiger partial charge on any atom is -0.503 e. The van der Waals surface area contributed by atoms with Gasteiger partial charge in [0, 0.05) is 18.0 Å². The van der Waals surface area contributed by atoms with Crippen LogP contribution in [0, 0.1) is 0 Å². The summed E-state index contributed by atoms with van der Waals surface area (Å²) in [6.45, 7) is 1.29. The Hall–Kier alpha value is -2.57. The summed E-state index contributed by atoms with van der Waals surface area (Å²) in [6.07, 6.45) is 2.13. The Labute approximate surface area is 162 Å². The number of nitrogens with one attached hydrogen (secondary N) is 1. The second-order valence-corrected chi connectivity index (χ2v) is 7.27. The van der Waals surface area contributed by atoms with E-state index in [1.165, 1.54) is 22.1 Å². The predicted molar refractivity (Wildman–Crippen MR) is 101 cm³/mol. The number of aliphatic hydroxyl groups is 1. The molecule has 0 aliphatic carbocycles. The molecule has 0 fully saturated rings. The molecule has 0 bridgehead atoms. The van der Waals surface area contributed by atoms with Crippen molar-refractivity contribution in [1.29, 1.82) is 0 Å². The topological polar surface area (TPSA) is 75.2 Å². The third-order valence-electron chi connectivity index (χ3n) is 4.55. The van der Waals surface area contributed by atoms with Gasteiger partial charge in [-0.2, -0.15) is 0 Å². The molecule has 0 saturated heterocycles. The summed E-state index contributed by atoms with van der Waals surface area (Å²) in [6, 6.07) is 9.36. The Morgan fingerprint density at radius 1 is 1.26 bits per heavy atom. The lowest BCUT2D eigenvalue weighted by Gasteiger charge is -2.26. The van der Waals surface area contributed by atoms with E-state index in [-0.39, 0.29) is 11.3 Å². The molecular formula is C20H22ClN2O4+. The average molecular weight is 390 g/mol. The first-order chi connectivity index (χ1) is 12.9. The van der Waals surface area contributed by atoms with E-state index in [1.54, 1.807) is 30.3 Å². The molecule has 7 heteroatoms. The SMILES string of the molecule is C[NH+](C)CCCN1C(=O)C(O)=C(C(=O)c2ccco2)[C@H]1c1ccc(Cl)cc1. The largest absolute Gasteiger partial charge is 0.503 e. The van der Waals surface area contributed by atoms with Crippen molar-refractivity contribution in [3.63, 3.8) is 0 Å². The minimum absolute atomic E-state index is 0.0365. The number of carbonyl (C=O) groups is 2. The molecular weight excluding hydrogens is 368 g/mol. The van der Waals surface area contributed by atoms with E-state index in [9.17, 15) is 14.7 Å². The van der Waals surface area contributed by atoms with Crippen molar-refractivity contribution in [2.24, 2.45) is 0 Å². The van der Waals surface area contributed by atoms with Crippen molar-refractivity contribution in [1.82, 2.24) is 4.90 Å². The van der Waals surface area contributed by atoms with Gasteiger partial charge in [-0.1, -0.05) is 23.7 Å². The predicted octanol–water partition coefficient (Wildman–Crippen LogP) is 2.05. The highest BCUT2D eigenvalue weighted by molar-refractivity contribution is 6.30. The van der Waals surface area contributed by atoms with E-state index in [0.717, 1.165) is 13.0 Å². The second kappa shape index (κ2) is 7.98. The number of halogens is 1. The van der Waals surface area contributed by atoms with Gasteiger partial charge in [-0.05, 0) is 29.8 Å². The highest BCUT2D eigenvalue weighted by atomic mass is 35.5. The molecule has 6 nitrogen and oxygen atoms in total. The Kier molecular flexibility index (Phi) is 5.68. The Morgan fingerprint density at radius 3 is 2.56 bits per heavy atom. The van der Waals surface area contributed by atoms with Crippen LogP contribution >= 0.6 is 11.6 Å². The van der Waals surface area contributed by atoms with Gasteiger partial charge in [-0.3, -0.25) is 9.59 Å². The third kappa shape index (κ3) is 3.91. The molecule has 0 spiro atoms. The fourth-order valence-corrected chi connectivity index (χ4v) is 3.38. The highest BCUT2D eigenvalue weighted by Gasteiger charge is 2.44. The first kappa shape index (κ1) is 19.2. The lowest BCUT2D eigenvalue weighted by molar-refractivity contribution is -0.858. The van der Waals surface area contributed by atoms with Crippen molar-refractivity contribution >= 4 is 23.3 Å². The number of Topliss-reactive ketones (excluding diaryl/α,β-unsaturated/α-hetero) is 1. The zero-order valence-corrected chi connectivity index (χ0v) is 16.0. The van der Waals surface area contributed by atoms with Gasteiger partial charge < -0.3 is 19.3 Å². The van der Waals surface area contributed by atoms with Crippen LogP contribution in [0.1, 0.15) is 28.6 Å². The normalized spacial score (nSPS) is 17.3. The van der Waals surface area contributed by atoms with Crippen molar-refractivity contribution in [2.75, 3.05) is 27.2 Å². The summed E-state index contributed by atoms with van der Waals surface area (Å²) in [5.41, 5.74) is 0.748. The van der Waals surface area contributed by atoms with Crippen LogP contribution in [0.2, 0.25) is 5.02 Å². The van der Waals surface area contributed by atoms with E-state index in [2.05, 4.69) is 0 Å². The molecule has 1 atom stereocenters. The molecule has 1 aromatic heterocycles. The van der Waals surface area contributed by atoms with E-state index >= 15 is 0 Å². The quantitative estimate of drug-likeness (QED) is 0.711. The molecule has 1 aromatic carbocycles. The molecule has 27 heavy (non-hydrogen) atoms. The van der Waals surface area contributed by atoms with Gasteiger partial charge in [0.25, 0.3) is 5.91 Å². The molecule has 3 rings (SSSR count). The fourth-order valence-electron chi connectivity index (χ4n) is 3.25. The fraction of sp³-hybridized carbons (Fsp3) is 0.300. The number of ketones is 1. The van der Waals surface area contributed by atoms with Crippen LogP contribution in [0.4, 0.5) is 0 Å². The Morgan fingerprint density at radius 2 is 1.96 bits per heavy atom. The van der Waals surface area contributed by atoms with Crippen molar-refractivity contribution in [3.8, 4) is 0 Å². The maximum absolute atomic E-state index is 12.9. The van der Waals surface area contributed by atoms with Gasteiger partial charge in [0.2, 0.25) is 5.78 Å². The van der Waals surface area contributed by atoms with Crippen LogP contribution in [0.3, 0.4) is 0 Å². The van der Waals surface area contributed by atoms with E-state index in [1.807, 2.05) is 14.1 Å². The van der Waals surface area contributed by atoms with Crippen LogP contribution in [0.25, 0.3) is 0 Å². The number of hydrogen-bond donors (Lipinski definition) is 2. The zero-order valence-electron chi connectivity index (χ0n) is 15.2. The first-order valence-corrected chi connectivity index (χ1v) is 9.14. The molecule has 142 valence electrons. The summed E-state index contributed by atoms with van der Waals surface area (Å²) in [5, 5.41) is 11.0. The number of amides is 1. The van der Waals surface area contributed by atoms with Crippen LogP contribution in [-0.4, -0.2) is 48.9 Å². The number of hydrogen-bond acceptors (Lipinski definition) is 4. The van der Waals surface area contributed by atoms with Crippen LogP contribution < -0.4 is 4.90 Å². The van der Waals surface area contributed by atoms with Gasteiger partial charge in [-0.25, -0.2) is 0 Å². The van der Waals surface area contributed by atoms with Gasteiger partial charge in [0.1, 0.15) is 0 Å². The zero-order chi connectivity index (χ0) is 19.6. The van der Waals surface area contributed by atoms with Gasteiger partial charge >= 0.3 is 0 Å². The molecule has 0 saturated carbocycles. The van der Waals surface area contributed by atoms with Crippen molar-refractivity contribution < 1.29 is 24.0 Å². The summed E-state index contributed by atoms with van der Waals surface area (Å²) >= 11 is 5.98. The number of aliphatic hydroxyl groups excluding tert-OH is 1. The van der Waals surface area contributed by atoms with Crippen molar-refractivity contribution in [2.45, 2.75) is 12.5 Å². The van der Waals surface area contributed by atoms with E-state index < -0.39 is 23.5 Å². The highest BCUT2D eigenvalue weighted by Crippen LogP contribution is 2.39. The number of nitrogens with zero attached hydrogens (tertiary/aromatic N) is 1. The maximum Gasteiger partial charge on any atom is 0.290 e. The smallest absolute Gasteiger partial charge is 0.290 e. The molecule has 0 unspecified atom stereocenters. The number of furan rings is 1. The lowest BCUT2D eigenvalue weighted by Crippen LogP contribution is -3.05. The number of rotatable bonds is 7. The molecule has 1 amide bonds. The lowest BCUT2D eigenvalue weighted by atomic mass is 9.95. The number of benzene rings is 1. The molecule has 1 aliphatic rings. The van der Waals surface area contributed by atoms with E-state index in [4.69, 9.17) is 16.0 Å². The van der Waals surface area contributed by atoms with Crippen LogP contribution in [-0.2, 0) is 4.79 Å². The Bertz CT molecular complexity index is 857. The Balaban J connectivity index is 1.99.